The Kier molecular flexibility index (Phi) is 5.91. The van der Waals surface area contributed by atoms with Gasteiger partial charge >= 0.3 is 12.0 Å². The van der Waals surface area contributed by atoms with E-state index in [0.29, 0.717) is 38.0 Å². The van der Waals surface area contributed by atoms with E-state index < -0.39 is 35.7 Å². The van der Waals surface area contributed by atoms with Crippen molar-refractivity contribution in [2.24, 2.45) is 5.92 Å². The number of imide groups is 1. The summed E-state index contributed by atoms with van der Waals surface area (Å²) in [6.07, 6.45) is -0.219. The molecule has 9 heteroatoms. The average molecular weight is 391 g/mol. The number of urea groups is 1. The van der Waals surface area contributed by atoms with Gasteiger partial charge in [0, 0.05) is 31.7 Å². The van der Waals surface area contributed by atoms with Crippen molar-refractivity contribution in [1.29, 1.82) is 0 Å². The fourth-order valence-corrected chi connectivity index (χ4v) is 3.32. The lowest BCUT2D eigenvalue weighted by molar-refractivity contribution is -0.162. The quantitative estimate of drug-likeness (QED) is 0.777. The lowest BCUT2D eigenvalue weighted by Crippen LogP contribution is -2.44. The van der Waals surface area contributed by atoms with Crippen molar-refractivity contribution in [2.75, 3.05) is 26.2 Å². The van der Waals surface area contributed by atoms with Gasteiger partial charge in [0.15, 0.2) is 6.10 Å². The lowest BCUT2D eigenvalue weighted by Gasteiger charge is -2.31. The van der Waals surface area contributed by atoms with E-state index in [1.807, 2.05) is 0 Å². The number of halogens is 1. The van der Waals surface area contributed by atoms with Gasteiger partial charge in [0.05, 0.1) is 5.92 Å². The van der Waals surface area contributed by atoms with E-state index in [1.165, 1.54) is 31.2 Å². The molecule has 0 radical (unpaired) electrons. The van der Waals surface area contributed by atoms with Crippen LogP contribution in [0.4, 0.5) is 9.18 Å². The van der Waals surface area contributed by atoms with Gasteiger partial charge in [-0.15, -0.1) is 0 Å². The van der Waals surface area contributed by atoms with Crippen LogP contribution in [0.3, 0.4) is 0 Å². The molecule has 2 fully saturated rings. The predicted molar refractivity (Wildman–Crippen MR) is 95.7 cm³/mol. The van der Waals surface area contributed by atoms with E-state index in [-0.39, 0.29) is 12.5 Å². The highest BCUT2D eigenvalue weighted by Gasteiger charge is 2.34. The molecule has 1 atom stereocenters. The maximum atomic E-state index is 13.0. The third-order valence-electron chi connectivity index (χ3n) is 4.97. The van der Waals surface area contributed by atoms with Crippen molar-refractivity contribution in [3.05, 3.63) is 35.6 Å². The van der Waals surface area contributed by atoms with E-state index in [9.17, 15) is 23.6 Å². The number of carbonyl (C=O) groups is 4. The number of benzene rings is 1. The Morgan fingerprint density at radius 3 is 2.36 bits per heavy atom. The summed E-state index contributed by atoms with van der Waals surface area (Å²) in [5, 5.41) is 2.52. The van der Waals surface area contributed by atoms with Crippen LogP contribution in [0.15, 0.2) is 24.3 Å². The zero-order chi connectivity index (χ0) is 20.3. The molecule has 28 heavy (non-hydrogen) atoms. The summed E-state index contributed by atoms with van der Waals surface area (Å²) < 4.78 is 18.2. The molecule has 0 unspecified atom stereocenters. The molecule has 8 nitrogen and oxygen atoms in total. The molecule has 0 saturated carbocycles. The van der Waals surface area contributed by atoms with Crippen LogP contribution in [0.5, 0.6) is 0 Å². The first-order valence-corrected chi connectivity index (χ1v) is 9.21. The van der Waals surface area contributed by atoms with Crippen molar-refractivity contribution >= 4 is 23.8 Å². The van der Waals surface area contributed by atoms with Gasteiger partial charge in [-0.2, -0.15) is 0 Å². The van der Waals surface area contributed by atoms with E-state index in [2.05, 4.69) is 5.32 Å². The summed E-state index contributed by atoms with van der Waals surface area (Å²) in [4.78, 5) is 51.2. The third kappa shape index (κ3) is 4.29. The summed E-state index contributed by atoms with van der Waals surface area (Å²) >= 11 is 0. The Balaban J connectivity index is 1.49. The first-order valence-electron chi connectivity index (χ1n) is 9.21. The summed E-state index contributed by atoms with van der Waals surface area (Å²) in [6.45, 7) is 2.81. The zero-order valence-electron chi connectivity index (χ0n) is 15.5. The number of hydrogen-bond acceptors (Lipinski definition) is 5. The molecule has 2 aliphatic rings. The lowest BCUT2D eigenvalue weighted by atomic mass is 9.96. The minimum absolute atomic E-state index is 0.213. The Hall–Kier alpha value is -2.97. The van der Waals surface area contributed by atoms with E-state index in [0.717, 1.165) is 4.90 Å². The minimum Gasteiger partial charge on any atom is -0.452 e. The maximum absolute atomic E-state index is 13.0. The number of nitrogens with zero attached hydrogens (tertiary/aromatic N) is 2. The van der Waals surface area contributed by atoms with Gasteiger partial charge in [0.2, 0.25) is 0 Å². The van der Waals surface area contributed by atoms with E-state index in [1.54, 1.807) is 4.90 Å². The van der Waals surface area contributed by atoms with E-state index >= 15 is 0 Å². The molecule has 150 valence electrons. The molecule has 4 amide bonds. The molecule has 0 aromatic heterocycles. The van der Waals surface area contributed by atoms with Crippen LogP contribution in [-0.4, -0.2) is 65.9 Å². The minimum atomic E-state index is -1.05. The number of piperidine rings is 1. The van der Waals surface area contributed by atoms with Crippen molar-refractivity contribution in [3.8, 4) is 0 Å². The van der Waals surface area contributed by atoms with Gasteiger partial charge in [-0.3, -0.25) is 19.3 Å². The highest BCUT2D eigenvalue weighted by molar-refractivity contribution is 5.98. The number of ether oxygens (including phenoxy) is 1. The molecule has 0 bridgehead atoms. The van der Waals surface area contributed by atoms with Gasteiger partial charge in [-0.25, -0.2) is 9.18 Å². The Labute approximate surface area is 161 Å². The number of likely N-dealkylation sites (tertiary alicyclic amines) is 1. The molecule has 3 rings (SSSR count). The number of rotatable bonds is 4. The number of esters is 1. The third-order valence-corrected chi connectivity index (χ3v) is 4.97. The van der Waals surface area contributed by atoms with Crippen molar-refractivity contribution in [3.63, 3.8) is 0 Å². The standard InChI is InChI=1S/C19H22FN3O5/c1-12(16(24)23-11-8-21-19(23)27)28-18(26)14-6-9-22(10-7-14)17(25)13-2-4-15(20)5-3-13/h2-5,12,14H,6-11H2,1H3,(H,21,27)/t12-/m0/s1. The molecule has 1 N–H and O–H groups in total. The highest BCUT2D eigenvalue weighted by Crippen LogP contribution is 2.21. The molecule has 1 aromatic carbocycles. The van der Waals surface area contributed by atoms with Crippen LogP contribution >= 0.6 is 0 Å². The van der Waals surface area contributed by atoms with Gasteiger partial charge in [0.25, 0.3) is 11.8 Å². The van der Waals surface area contributed by atoms with Crippen molar-refractivity contribution in [1.82, 2.24) is 15.1 Å². The zero-order valence-corrected chi connectivity index (χ0v) is 15.5. The van der Waals surface area contributed by atoms with Crippen molar-refractivity contribution in [2.45, 2.75) is 25.9 Å². The normalized spacial score (nSPS) is 18.6. The fraction of sp³-hybridized carbons (Fsp3) is 0.474. The summed E-state index contributed by atoms with van der Waals surface area (Å²) in [5.74, 6) is -2.09. The second-order valence-corrected chi connectivity index (χ2v) is 6.87. The Bertz CT molecular complexity index is 774. The SMILES string of the molecule is C[C@H](OC(=O)C1CCN(C(=O)c2ccc(F)cc2)CC1)C(=O)N1CCNC1=O. The average Bonchev–Trinajstić information content (AvgIpc) is 3.13. The molecular weight excluding hydrogens is 369 g/mol. The molecule has 0 spiro atoms. The molecule has 2 heterocycles. The number of amides is 4. The highest BCUT2D eigenvalue weighted by atomic mass is 19.1. The summed E-state index contributed by atoms with van der Waals surface area (Å²) in [6, 6.07) is 4.84. The molecular formula is C19H22FN3O5. The number of nitrogens with one attached hydrogen (secondary N) is 1. The van der Waals surface area contributed by atoms with Gasteiger partial charge in [-0.05, 0) is 44.0 Å². The number of hydrogen-bond donors (Lipinski definition) is 1. The second kappa shape index (κ2) is 8.37. The van der Waals surface area contributed by atoms with E-state index in [4.69, 9.17) is 4.74 Å². The second-order valence-electron chi connectivity index (χ2n) is 6.87. The first kappa shape index (κ1) is 19.8. The maximum Gasteiger partial charge on any atom is 0.324 e. The molecule has 2 aliphatic heterocycles. The van der Waals surface area contributed by atoms with Gasteiger partial charge in [0.1, 0.15) is 5.82 Å². The fourth-order valence-electron chi connectivity index (χ4n) is 3.32. The van der Waals surface area contributed by atoms with Crippen LogP contribution in [0.1, 0.15) is 30.1 Å². The first-order chi connectivity index (χ1) is 13.4. The van der Waals surface area contributed by atoms with Crippen LogP contribution < -0.4 is 5.32 Å². The van der Waals surface area contributed by atoms with Crippen LogP contribution in [-0.2, 0) is 14.3 Å². The monoisotopic (exact) mass is 391 g/mol. The van der Waals surface area contributed by atoms with Crippen molar-refractivity contribution < 1.29 is 28.3 Å². The number of carbonyl (C=O) groups excluding carboxylic acids is 4. The van der Waals surface area contributed by atoms with Crippen LogP contribution in [0.25, 0.3) is 0 Å². The molecule has 0 aliphatic carbocycles. The predicted octanol–water partition coefficient (Wildman–Crippen LogP) is 1.16. The summed E-state index contributed by atoms with van der Waals surface area (Å²) in [5.41, 5.74) is 0.394. The van der Waals surface area contributed by atoms with Crippen LogP contribution in [0, 0.1) is 11.7 Å². The van der Waals surface area contributed by atoms with Gasteiger partial charge in [-0.1, -0.05) is 0 Å². The largest absolute Gasteiger partial charge is 0.452 e. The summed E-state index contributed by atoms with van der Waals surface area (Å²) in [7, 11) is 0. The molecule has 1 aromatic rings. The Morgan fingerprint density at radius 1 is 1.14 bits per heavy atom. The van der Waals surface area contributed by atoms with Crippen LogP contribution in [0.2, 0.25) is 0 Å². The smallest absolute Gasteiger partial charge is 0.324 e. The topological polar surface area (TPSA) is 96.0 Å². The van der Waals surface area contributed by atoms with Gasteiger partial charge < -0.3 is 15.0 Å². The Morgan fingerprint density at radius 2 is 1.79 bits per heavy atom. The molecule has 2 saturated heterocycles.